The van der Waals surface area contributed by atoms with Gasteiger partial charge in [0.2, 0.25) is 0 Å². The highest BCUT2D eigenvalue weighted by molar-refractivity contribution is 5.49. The van der Waals surface area contributed by atoms with Crippen molar-refractivity contribution in [1.29, 1.82) is 5.26 Å². The van der Waals surface area contributed by atoms with Crippen LogP contribution in [-0.4, -0.2) is 0 Å². The summed E-state index contributed by atoms with van der Waals surface area (Å²) in [6.45, 7) is 16.8. The number of hydrogen-bond acceptors (Lipinski definition) is 1. The molecule has 0 radical (unpaired) electrons. The summed E-state index contributed by atoms with van der Waals surface area (Å²) < 4.78 is 0. The van der Waals surface area contributed by atoms with E-state index in [1.807, 2.05) is 25.1 Å². The van der Waals surface area contributed by atoms with Crippen LogP contribution >= 0.6 is 0 Å². The van der Waals surface area contributed by atoms with Crippen LogP contribution in [0.15, 0.2) is 72.9 Å². The van der Waals surface area contributed by atoms with Gasteiger partial charge in [-0.25, -0.2) is 0 Å². The third-order valence-corrected chi connectivity index (χ3v) is 1.66. The lowest BCUT2D eigenvalue weighted by Gasteiger charge is -1.99. The molecule has 0 N–H and O–H groups in total. The molecule has 0 aromatic heterocycles. The molecule has 0 fully saturated rings. The fourth-order valence-corrected chi connectivity index (χ4v) is 0.767. The minimum Gasteiger partial charge on any atom is -0.192 e. The number of rotatable bonds is 5. The van der Waals surface area contributed by atoms with Gasteiger partial charge in [0.15, 0.2) is 0 Å². The van der Waals surface area contributed by atoms with Crippen LogP contribution < -0.4 is 0 Å². The smallest absolute Gasteiger partial charge is 0.0991 e. The lowest BCUT2D eigenvalue weighted by molar-refractivity contribution is 1.48. The van der Waals surface area contributed by atoms with Gasteiger partial charge in [0.1, 0.15) is 0 Å². The second kappa shape index (κ2) is 6.39. The number of hydrogen-bond donors (Lipinski definition) is 0. The summed E-state index contributed by atoms with van der Waals surface area (Å²) in [5.74, 6) is 0. The molecule has 1 nitrogen and oxygen atoms in total. The Morgan fingerprint density at radius 1 is 1.13 bits per heavy atom. The van der Waals surface area contributed by atoms with E-state index in [1.54, 1.807) is 6.08 Å². The molecule has 0 amide bonds. The van der Waals surface area contributed by atoms with E-state index < -0.39 is 0 Å². The first kappa shape index (κ1) is 12.9. The molecular weight excluding hydrogens is 182 g/mol. The highest BCUT2D eigenvalue weighted by Gasteiger charge is 1.94. The molecule has 0 aliphatic carbocycles. The molecule has 0 atom stereocenters. The average Bonchev–Trinajstić information content (AvgIpc) is 2.21. The summed E-state index contributed by atoms with van der Waals surface area (Å²) in [4.78, 5) is 0. The molecule has 0 aliphatic rings. The van der Waals surface area contributed by atoms with Crippen molar-refractivity contribution in [1.82, 2.24) is 0 Å². The first-order valence-electron chi connectivity index (χ1n) is 4.47. The molecule has 15 heavy (non-hydrogen) atoms. The lowest BCUT2D eigenvalue weighted by Crippen LogP contribution is -1.81. The summed E-state index contributed by atoms with van der Waals surface area (Å²) >= 11 is 0. The average molecular weight is 197 g/mol. The van der Waals surface area contributed by atoms with Crippen molar-refractivity contribution in [3.8, 4) is 6.07 Å². The Kier molecular flexibility index (Phi) is 5.51. The van der Waals surface area contributed by atoms with Crippen molar-refractivity contribution in [3.63, 3.8) is 0 Å². The van der Waals surface area contributed by atoms with Gasteiger partial charge in [-0.15, -0.1) is 0 Å². The standard InChI is InChI=1S/C14H15N/c1-6-14(10-15)9-13(5)12(4)8-7-11(2)3/h6-9H,1-2,4-5H2,3H3/b8-7-,14-9+. The first-order chi connectivity index (χ1) is 7.01. The monoisotopic (exact) mass is 197 g/mol. The maximum atomic E-state index is 8.68. The van der Waals surface area contributed by atoms with Crippen LogP contribution in [-0.2, 0) is 0 Å². The Labute approximate surface area is 91.7 Å². The van der Waals surface area contributed by atoms with E-state index in [2.05, 4.69) is 26.3 Å². The van der Waals surface area contributed by atoms with Crippen molar-refractivity contribution in [2.24, 2.45) is 0 Å². The summed E-state index contributed by atoms with van der Waals surface area (Å²) in [7, 11) is 0. The van der Waals surface area contributed by atoms with Crippen LogP contribution in [0.1, 0.15) is 6.92 Å². The van der Waals surface area contributed by atoms with Crippen LogP contribution in [0.4, 0.5) is 0 Å². The Balaban J connectivity index is 4.69. The van der Waals surface area contributed by atoms with Gasteiger partial charge < -0.3 is 0 Å². The van der Waals surface area contributed by atoms with E-state index in [4.69, 9.17) is 5.26 Å². The summed E-state index contributed by atoms with van der Waals surface area (Å²) in [6.07, 6.45) is 6.81. The normalized spacial score (nSPS) is 10.8. The molecule has 1 heteroatoms. The van der Waals surface area contributed by atoms with E-state index in [-0.39, 0.29) is 0 Å². The van der Waals surface area contributed by atoms with E-state index in [9.17, 15) is 0 Å². The molecular formula is C14H15N. The molecule has 0 heterocycles. The third kappa shape index (κ3) is 5.28. The molecule has 0 aromatic rings. The van der Waals surface area contributed by atoms with Gasteiger partial charge in [-0.1, -0.05) is 50.1 Å². The topological polar surface area (TPSA) is 23.8 Å². The fraction of sp³-hybridized carbons (Fsp3) is 0.0714. The second-order valence-corrected chi connectivity index (χ2v) is 3.15. The Hall–Kier alpha value is -2.07. The van der Waals surface area contributed by atoms with Crippen LogP contribution in [0.25, 0.3) is 0 Å². The molecule has 0 bridgehead atoms. The van der Waals surface area contributed by atoms with Gasteiger partial charge in [0, 0.05) is 0 Å². The lowest BCUT2D eigenvalue weighted by atomic mass is 10.1. The van der Waals surface area contributed by atoms with Gasteiger partial charge >= 0.3 is 0 Å². The van der Waals surface area contributed by atoms with Gasteiger partial charge in [-0.3, -0.25) is 0 Å². The summed E-state index contributed by atoms with van der Waals surface area (Å²) in [5, 5.41) is 8.68. The molecule has 0 saturated carbocycles. The number of nitriles is 1. The minimum absolute atomic E-state index is 0.477. The maximum Gasteiger partial charge on any atom is 0.0991 e. The number of allylic oxidation sites excluding steroid dienone is 8. The molecule has 0 aliphatic heterocycles. The predicted octanol–water partition coefficient (Wildman–Crippen LogP) is 3.87. The van der Waals surface area contributed by atoms with Crippen LogP contribution in [0.5, 0.6) is 0 Å². The molecule has 76 valence electrons. The summed E-state index contributed by atoms with van der Waals surface area (Å²) in [5.41, 5.74) is 2.87. The highest BCUT2D eigenvalue weighted by atomic mass is 14.2. The zero-order valence-electron chi connectivity index (χ0n) is 9.09. The van der Waals surface area contributed by atoms with Crippen molar-refractivity contribution in [2.75, 3.05) is 0 Å². The largest absolute Gasteiger partial charge is 0.192 e. The minimum atomic E-state index is 0.477. The summed E-state index contributed by atoms with van der Waals surface area (Å²) in [6, 6.07) is 2.00. The van der Waals surface area contributed by atoms with Crippen molar-refractivity contribution in [2.45, 2.75) is 6.92 Å². The first-order valence-corrected chi connectivity index (χ1v) is 4.47. The number of nitrogens with zero attached hydrogens (tertiary/aromatic N) is 1. The van der Waals surface area contributed by atoms with E-state index >= 15 is 0 Å². The van der Waals surface area contributed by atoms with Gasteiger partial charge in [-0.2, -0.15) is 5.26 Å². The second-order valence-electron chi connectivity index (χ2n) is 3.15. The van der Waals surface area contributed by atoms with E-state index in [0.29, 0.717) is 11.1 Å². The third-order valence-electron chi connectivity index (χ3n) is 1.66. The molecule has 0 spiro atoms. The van der Waals surface area contributed by atoms with E-state index in [1.165, 1.54) is 6.08 Å². The SMILES string of the molecule is C=C/C(C#N)=C\C(=C)C(=C)/C=C\C(=C)C. The molecule has 0 rings (SSSR count). The van der Waals surface area contributed by atoms with Crippen molar-refractivity contribution in [3.05, 3.63) is 72.9 Å². The van der Waals surface area contributed by atoms with Crippen LogP contribution in [0.3, 0.4) is 0 Å². The van der Waals surface area contributed by atoms with Crippen molar-refractivity contribution >= 4 is 0 Å². The zero-order chi connectivity index (χ0) is 11.8. The Morgan fingerprint density at radius 3 is 2.13 bits per heavy atom. The van der Waals surface area contributed by atoms with Crippen LogP contribution in [0, 0.1) is 11.3 Å². The van der Waals surface area contributed by atoms with Gasteiger partial charge in [0.05, 0.1) is 11.6 Å². The fourth-order valence-electron chi connectivity index (χ4n) is 0.767. The van der Waals surface area contributed by atoms with Gasteiger partial charge in [0.25, 0.3) is 0 Å². The predicted molar refractivity (Wildman–Crippen MR) is 66.1 cm³/mol. The van der Waals surface area contributed by atoms with Crippen molar-refractivity contribution < 1.29 is 0 Å². The molecule has 0 unspecified atom stereocenters. The quantitative estimate of drug-likeness (QED) is 0.485. The van der Waals surface area contributed by atoms with E-state index in [0.717, 1.165) is 11.1 Å². The zero-order valence-corrected chi connectivity index (χ0v) is 9.09. The van der Waals surface area contributed by atoms with Crippen LogP contribution in [0.2, 0.25) is 0 Å². The highest BCUT2D eigenvalue weighted by Crippen LogP contribution is 2.12. The Morgan fingerprint density at radius 2 is 1.73 bits per heavy atom. The molecule has 0 saturated heterocycles. The van der Waals surface area contributed by atoms with Gasteiger partial charge in [-0.05, 0) is 24.1 Å². The molecule has 0 aromatic carbocycles. The Bertz CT molecular complexity index is 398. The maximum absolute atomic E-state index is 8.68.